The first-order valence-electron chi connectivity index (χ1n) is 5.95. The molecule has 0 spiro atoms. The van der Waals surface area contributed by atoms with Gasteiger partial charge in [-0.05, 0) is 17.7 Å². The maximum absolute atomic E-state index is 11.1. The molecule has 7 heteroatoms. The van der Waals surface area contributed by atoms with Gasteiger partial charge in [0, 0.05) is 13.5 Å². The number of benzene rings is 1. The minimum Gasteiger partial charge on any atom is -0.493 e. The normalized spacial score (nSPS) is 13.5. The Labute approximate surface area is 116 Å². The zero-order valence-corrected chi connectivity index (χ0v) is 11.6. The lowest BCUT2D eigenvalue weighted by molar-refractivity contribution is -0.132. The molecule has 0 aliphatic carbocycles. The molecule has 0 aliphatic rings. The standard InChI is InChI=1S/C13H19NO6/c1-7(15)20-13-10(18-2)4-8(5-11(13)19-3)12(17)9(16)6-14/h4-5,9,12,16-17H,6,14H2,1-3H3. The quantitative estimate of drug-likeness (QED) is 0.497. The number of carbonyl (C=O) groups excluding carboxylic acids is 1. The van der Waals surface area contributed by atoms with E-state index in [1.54, 1.807) is 0 Å². The smallest absolute Gasteiger partial charge is 0.308 e. The summed E-state index contributed by atoms with van der Waals surface area (Å²) in [6.45, 7) is 1.15. The van der Waals surface area contributed by atoms with E-state index in [1.165, 1.54) is 33.3 Å². The molecule has 0 fully saturated rings. The number of aliphatic hydroxyl groups excluding tert-OH is 2. The number of ether oxygens (including phenoxy) is 3. The highest BCUT2D eigenvalue weighted by Gasteiger charge is 2.22. The van der Waals surface area contributed by atoms with Crippen LogP contribution in [0.15, 0.2) is 12.1 Å². The molecule has 4 N–H and O–H groups in total. The van der Waals surface area contributed by atoms with Crippen molar-refractivity contribution in [3.05, 3.63) is 17.7 Å². The average molecular weight is 285 g/mol. The number of methoxy groups -OCH3 is 2. The summed E-state index contributed by atoms with van der Waals surface area (Å²) in [6.07, 6.45) is -2.32. The summed E-state index contributed by atoms with van der Waals surface area (Å²) >= 11 is 0. The molecule has 1 aromatic rings. The second-order valence-corrected chi connectivity index (χ2v) is 4.10. The highest BCUT2D eigenvalue weighted by molar-refractivity contribution is 5.72. The van der Waals surface area contributed by atoms with Crippen molar-refractivity contribution in [2.45, 2.75) is 19.1 Å². The van der Waals surface area contributed by atoms with Crippen LogP contribution in [0, 0.1) is 0 Å². The largest absolute Gasteiger partial charge is 0.493 e. The number of hydrogen-bond donors (Lipinski definition) is 3. The summed E-state index contributed by atoms with van der Waals surface area (Å²) < 4.78 is 15.2. The first kappa shape index (κ1) is 16.2. The fraction of sp³-hybridized carbons (Fsp3) is 0.462. The molecule has 0 saturated heterocycles. The van der Waals surface area contributed by atoms with E-state index in [1.807, 2.05) is 0 Å². The molecule has 0 aliphatic heterocycles. The van der Waals surface area contributed by atoms with Crippen LogP contribution in [-0.2, 0) is 4.79 Å². The molecule has 0 heterocycles. The van der Waals surface area contributed by atoms with Crippen LogP contribution < -0.4 is 19.9 Å². The predicted molar refractivity (Wildman–Crippen MR) is 70.9 cm³/mol. The lowest BCUT2D eigenvalue weighted by Crippen LogP contribution is -2.27. The van der Waals surface area contributed by atoms with Gasteiger partial charge < -0.3 is 30.2 Å². The van der Waals surface area contributed by atoms with E-state index in [4.69, 9.17) is 19.9 Å². The van der Waals surface area contributed by atoms with Gasteiger partial charge in [0.2, 0.25) is 5.75 Å². The third-order valence-corrected chi connectivity index (χ3v) is 2.68. The van der Waals surface area contributed by atoms with Crippen molar-refractivity contribution < 1.29 is 29.2 Å². The summed E-state index contributed by atoms with van der Waals surface area (Å²) in [6, 6.07) is 2.90. The zero-order valence-electron chi connectivity index (χ0n) is 11.6. The molecular weight excluding hydrogens is 266 g/mol. The highest BCUT2D eigenvalue weighted by Crippen LogP contribution is 2.40. The van der Waals surface area contributed by atoms with Gasteiger partial charge in [-0.1, -0.05) is 0 Å². The van der Waals surface area contributed by atoms with E-state index in [0.717, 1.165) is 0 Å². The van der Waals surface area contributed by atoms with Gasteiger partial charge in [0.05, 0.1) is 20.3 Å². The highest BCUT2D eigenvalue weighted by atomic mass is 16.6. The summed E-state index contributed by atoms with van der Waals surface area (Å²) in [5.74, 6) is -0.00628. The van der Waals surface area contributed by atoms with Gasteiger partial charge in [-0.25, -0.2) is 0 Å². The molecule has 7 nitrogen and oxygen atoms in total. The average Bonchev–Trinajstić information content (AvgIpc) is 2.45. The van der Waals surface area contributed by atoms with Crippen LogP contribution in [0.4, 0.5) is 0 Å². The van der Waals surface area contributed by atoms with Crippen LogP contribution in [0.2, 0.25) is 0 Å². The molecule has 0 radical (unpaired) electrons. The van der Waals surface area contributed by atoms with Gasteiger partial charge in [0.25, 0.3) is 0 Å². The molecule has 0 saturated carbocycles. The summed E-state index contributed by atoms with van der Waals surface area (Å²) in [7, 11) is 2.77. The van der Waals surface area contributed by atoms with Crippen molar-refractivity contribution in [1.82, 2.24) is 0 Å². The van der Waals surface area contributed by atoms with Crippen molar-refractivity contribution in [2.24, 2.45) is 5.73 Å². The molecular formula is C13H19NO6. The first-order chi connectivity index (χ1) is 9.44. The number of carbonyl (C=O) groups is 1. The van der Waals surface area contributed by atoms with Crippen molar-refractivity contribution in [1.29, 1.82) is 0 Å². The Morgan fingerprint density at radius 1 is 1.25 bits per heavy atom. The van der Waals surface area contributed by atoms with Crippen LogP contribution in [0.1, 0.15) is 18.6 Å². The van der Waals surface area contributed by atoms with Crippen LogP contribution in [0.25, 0.3) is 0 Å². The van der Waals surface area contributed by atoms with E-state index in [-0.39, 0.29) is 23.8 Å². The summed E-state index contributed by atoms with van der Waals surface area (Å²) in [5, 5.41) is 19.5. The third kappa shape index (κ3) is 3.60. The maximum Gasteiger partial charge on any atom is 0.308 e. The first-order valence-corrected chi connectivity index (χ1v) is 5.95. The fourth-order valence-corrected chi connectivity index (χ4v) is 1.67. The minimum absolute atomic E-state index is 0.0997. The van der Waals surface area contributed by atoms with Crippen LogP contribution in [-0.4, -0.2) is 43.1 Å². The Balaban J connectivity index is 3.28. The number of rotatable bonds is 6. The summed E-state index contributed by atoms with van der Waals surface area (Å²) in [5.41, 5.74) is 5.65. The monoisotopic (exact) mass is 285 g/mol. The van der Waals surface area contributed by atoms with E-state index >= 15 is 0 Å². The van der Waals surface area contributed by atoms with Crippen molar-refractivity contribution in [2.75, 3.05) is 20.8 Å². The molecule has 2 atom stereocenters. The van der Waals surface area contributed by atoms with Gasteiger partial charge in [-0.15, -0.1) is 0 Å². The molecule has 0 bridgehead atoms. The van der Waals surface area contributed by atoms with Gasteiger partial charge in [0.1, 0.15) is 6.10 Å². The molecule has 2 unspecified atom stereocenters. The van der Waals surface area contributed by atoms with Crippen molar-refractivity contribution in [3.8, 4) is 17.2 Å². The van der Waals surface area contributed by atoms with E-state index in [9.17, 15) is 15.0 Å². The Morgan fingerprint density at radius 2 is 1.75 bits per heavy atom. The Bertz CT molecular complexity index is 451. The Morgan fingerprint density at radius 3 is 2.10 bits per heavy atom. The van der Waals surface area contributed by atoms with Crippen LogP contribution in [0.5, 0.6) is 17.2 Å². The lowest BCUT2D eigenvalue weighted by atomic mass is 10.0. The molecule has 112 valence electrons. The Kier molecular flexibility index (Phi) is 5.75. The molecule has 1 rings (SSSR count). The van der Waals surface area contributed by atoms with Crippen molar-refractivity contribution >= 4 is 5.97 Å². The van der Waals surface area contributed by atoms with Gasteiger partial charge in [-0.2, -0.15) is 0 Å². The number of hydrogen-bond acceptors (Lipinski definition) is 7. The van der Waals surface area contributed by atoms with E-state index in [2.05, 4.69) is 0 Å². The van der Waals surface area contributed by atoms with Gasteiger partial charge in [0.15, 0.2) is 11.5 Å². The van der Waals surface area contributed by atoms with E-state index in [0.29, 0.717) is 5.56 Å². The summed E-state index contributed by atoms with van der Waals surface area (Å²) in [4.78, 5) is 11.1. The lowest BCUT2D eigenvalue weighted by Gasteiger charge is -2.19. The van der Waals surface area contributed by atoms with Crippen molar-refractivity contribution in [3.63, 3.8) is 0 Å². The van der Waals surface area contributed by atoms with Gasteiger partial charge in [-0.3, -0.25) is 4.79 Å². The van der Waals surface area contributed by atoms with Crippen LogP contribution in [0.3, 0.4) is 0 Å². The second-order valence-electron chi connectivity index (χ2n) is 4.10. The number of esters is 1. The second kappa shape index (κ2) is 7.09. The SMILES string of the molecule is COc1cc(C(O)C(O)CN)cc(OC)c1OC(C)=O. The molecule has 20 heavy (non-hydrogen) atoms. The van der Waals surface area contributed by atoms with E-state index < -0.39 is 18.2 Å². The minimum atomic E-state index is -1.20. The van der Waals surface area contributed by atoms with Crippen LogP contribution >= 0.6 is 0 Å². The molecule has 0 aromatic heterocycles. The topological polar surface area (TPSA) is 111 Å². The Hall–Kier alpha value is -1.83. The fourth-order valence-electron chi connectivity index (χ4n) is 1.67. The number of nitrogens with two attached hydrogens (primary N) is 1. The zero-order chi connectivity index (χ0) is 15.3. The molecule has 0 amide bonds. The predicted octanol–water partition coefficient (Wildman–Crippen LogP) is -0.0179. The van der Waals surface area contributed by atoms with Gasteiger partial charge >= 0.3 is 5.97 Å². The maximum atomic E-state index is 11.1. The number of aliphatic hydroxyl groups is 2. The molecule has 1 aromatic carbocycles. The third-order valence-electron chi connectivity index (χ3n) is 2.68.